The number of carbonyl (C=O) groups excluding carboxylic acids is 2. The van der Waals surface area contributed by atoms with Crippen LogP contribution in [0, 0.1) is 0 Å². The van der Waals surface area contributed by atoms with Crippen LogP contribution < -0.4 is 16.0 Å². The molecule has 2 aromatic heterocycles. The SMILES string of the molecule is CN(C)CC(O)Nc1ccc(CC(=O)Nc2nnc(CCCCc3ccc(NC(=O)Cc4ccccc4)nn3)s2)cc1. The molecule has 0 fully saturated rings. The Labute approximate surface area is 249 Å². The zero-order valence-electron chi connectivity index (χ0n) is 23.8. The Morgan fingerprint density at radius 1 is 0.810 bits per heavy atom. The van der Waals surface area contributed by atoms with Gasteiger partial charge in [-0.15, -0.1) is 15.3 Å². The highest BCUT2D eigenvalue weighted by Gasteiger charge is 2.11. The lowest BCUT2D eigenvalue weighted by atomic mass is 10.1. The fraction of sp³-hybridized carbons (Fsp3) is 0.333. The number of aliphatic hydroxyl groups excluding tert-OH is 1. The number of hydrogen-bond acceptors (Lipinski definition) is 10. The van der Waals surface area contributed by atoms with E-state index in [1.54, 1.807) is 6.07 Å². The zero-order chi connectivity index (χ0) is 29.7. The lowest BCUT2D eigenvalue weighted by molar-refractivity contribution is -0.116. The van der Waals surface area contributed by atoms with Gasteiger partial charge in [-0.2, -0.15) is 5.10 Å². The van der Waals surface area contributed by atoms with Gasteiger partial charge < -0.3 is 26.0 Å². The number of hydrogen-bond donors (Lipinski definition) is 4. The Morgan fingerprint density at radius 2 is 1.50 bits per heavy atom. The Morgan fingerprint density at radius 3 is 2.19 bits per heavy atom. The van der Waals surface area contributed by atoms with Crippen LogP contribution >= 0.6 is 11.3 Å². The highest BCUT2D eigenvalue weighted by Crippen LogP contribution is 2.19. The Hall–Kier alpha value is -4.26. The largest absolute Gasteiger partial charge is 0.372 e. The minimum Gasteiger partial charge on any atom is -0.372 e. The summed E-state index contributed by atoms with van der Waals surface area (Å²) >= 11 is 1.38. The summed E-state index contributed by atoms with van der Waals surface area (Å²) < 4.78 is 0. The third-order valence-electron chi connectivity index (χ3n) is 6.17. The van der Waals surface area contributed by atoms with Gasteiger partial charge in [0.1, 0.15) is 11.2 Å². The molecule has 220 valence electrons. The molecule has 0 saturated carbocycles. The highest BCUT2D eigenvalue weighted by atomic mass is 32.1. The monoisotopic (exact) mass is 588 g/mol. The fourth-order valence-corrected chi connectivity index (χ4v) is 4.97. The molecule has 0 saturated heterocycles. The van der Waals surface area contributed by atoms with Crippen LogP contribution in [-0.2, 0) is 35.3 Å². The predicted molar refractivity (Wildman–Crippen MR) is 164 cm³/mol. The standard InChI is InChI=1S/C30H36N8O3S/c1-38(2)20-28(41)31-23-14-12-22(13-15-23)19-27(40)33-30-37-36-29(42-30)11-7-6-10-24-16-17-25(35-34-24)32-26(39)18-21-8-4-3-5-9-21/h3-5,8-9,12-17,28,31,41H,6-7,10-11,18-20H2,1-2H3,(H,32,35,39)(H,33,37,40). The molecule has 0 radical (unpaired) electrons. The van der Waals surface area contributed by atoms with E-state index in [9.17, 15) is 14.7 Å². The summed E-state index contributed by atoms with van der Waals surface area (Å²) in [5.74, 6) is 0.146. The van der Waals surface area contributed by atoms with Gasteiger partial charge in [0.25, 0.3) is 0 Å². The molecule has 1 unspecified atom stereocenters. The first-order valence-corrected chi connectivity index (χ1v) is 14.6. The van der Waals surface area contributed by atoms with Crippen molar-refractivity contribution < 1.29 is 14.7 Å². The summed E-state index contributed by atoms with van der Waals surface area (Å²) in [6.45, 7) is 0.495. The molecule has 0 bridgehead atoms. The molecule has 0 aliphatic carbocycles. The zero-order valence-corrected chi connectivity index (χ0v) is 24.6. The molecule has 4 N–H and O–H groups in total. The summed E-state index contributed by atoms with van der Waals surface area (Å²) in [6.07, 6.45) is 3.13. The number of carbonyl (C=O) groups is 2. The van der Waals surface area contributed by atoms with E-state index in [0.717, 1.165) is 53.2 Å². The molecular formula is C30H36N8O3S. The molecule has 1 atom stereocenters. The van der Waals surface area contributed by atoms with Crippen LogP contribution in [0.5, 0.6) is 0 Å². The fourth-order valence-electron chi connectivity index (χ4n) is 4.17. The van der Waals surface area contributed by atoms with Crippen LogP contribution in [0.2, 0.25) is 0 Å². The lowest BCUT2D eigenvalue weighted by Gasteiger charge is -2.18. The van der Waals surface area contributed by atoms with Crippen LogP contribution in [0.4, 0.5) is 16.6 Å². The molecule has 4 aromatic rings. The first-order valence-electron chi connectivity index (χ1n) is 13.8. The van der Waals surface area contributed by atoms with Crippen molar-refractivity contribution >= 4 is 39.8 Å². The Bertz CT molecular complexity index is 1410. The number of aromatic nitrogens is 4. The van der Waals surface area contributed by atoms with Crippen molar-refractivity contribution in [3.05, 3.63) is 88.6 Å². The van der Waals surface area contributed by atoms with Gasteiger partial charge in [0.05, 0.1) is 18.5 Å². The van der Waals surface area contributed by atoms with Gasteiger partial charge in [0.15, 0.2) is 5.82 Å². The Balaban J connectivity index is 1.13. The summed E-state index contributed by atoms with van der Waals surface area (Å²) in [5.41, 5.74) is 3.44. The average Bonchev–Trinajstić information content (AvgIpc) is 3.40. The van der Waals surface area contributed by atoms with E-state index in [1.165, 1.54) is 11.3 Å². The van der Waals surface area contributed by atoms with Crippen molar-refractivity contribution in [3.63, 3.8) is 0 Å². The molecule has 0 aliphatic rings. The van der Waals surface area contributed by atoms with E-state index < -0.39 is 6.23 Å². The summed E-state index contributed by atoms with van der Waals surface area (Å²) in [7, 11) is 3.78. The van der Waals surface area contributed by atoms with Crippen LogP contribution in [0.15, 0.2) is 66.7 Å². The van der Waals surface area contributed by atoms with E-state index in [0.29, 0.717) is 17.5 Å². The number of nitrogens with one attached hydrogen (secondary N) is 3. The number of nitrogens with zero attached hydrogens (tertiary/aromatic N) is 5. The molecule has 0 spiro atoms. The predicted octanol–water partition coefficient (Wildman–Crippen LogP) is 3.55. The van der Waals surface area contributed by atoms with Gasteiger partial charge >= 0.3 is 0 Å². The van der Waals surface area contributed by atoms with Gasteiger partial charge in [-0.1, -0.05) is 53.8 Å². The van der Waals surface area contributed by atoms with Crippen molar-refractivity contribution in [2.45, 2.75) is 44.8 Å². The van der Waals surface area contributed by atoms with E-state index in [1.807, 2.05) is 79.7 Å². The number of aliphatic hydroxyl groups is 1. The number of rotatable bonds is 15. The van der Waals surface area contributed by atoms with Crippen molar-refractivity contribution in [3.8, 4) is 0 Å². The molecule has 12 heteroatoms. The van der Waals surface area contributed by atoms with Gasteiger partial charge in [-0.25, -0.2) is 0 Å². The second-order valence-corrected chi connectivity index (χ2v) is 11.2. The number of unbranched alkanes of at least 4 members (excludes halogenated alkanes) is 1. The maximum absolute atomic E-state index is 12.5. The second-order valence-electron chi connectivity index (χ2n) is 10.2. The van der Waals surface area contributed by atoms with Gasteiger partial charge in [0.2, 0.25) is 16.9 Å². The van der Waals surface area contributed by atoms with E-state index in [4.69, 9.17) is 0 Å². The maximum atomic E-state index is 12.5. The van der Waals surface area contributed by atoms with Gasteiger partial charge in [-0.05, 0) is 68.8 Å². The first kappa shape index (κ1) is 30.7. The Kier molecular flexibility index (Phi) is 11.4. The second kappa shape index (κ2) is 15.7. The van der Waals surface area contributed by atoms with Crippen LogP contribution in [0.3, 0.4) is 0 Å². The molecule has 2 amide bonds. The number of anilines is 3. The van der Waals surface area contributed by atoms with E-state index in [2.05, 4.69) is 36.3 Å². The molecular weight excluding hydrogens is 552 g/mol. The van der Waals surface area contributed by atoms with E-state index >= 15 is 0 Å². The quantitative estimate of drug-likeness (QED) is 0.121. The normalized spacial score (nSPS) is 11.7. The molecule has 0 aliphatic heterocycles. The summed E-state index contributed by atoms with van der Waals surface area (Å²) in [4.78, 5) is 26.6. The molecule has 42 heavy (non-hydrogen) atoms. The number of aryl methyl sites for hydroxylation is 2. The third kappa shape index (κ3) is 10.6. The van der Waals surface area contributed by atoms with Crippen LogP contribution in [0.25, 0.3) is 0 Å². The van der Waals surface area contributed by atoms with Crippen LogP contribution in [-0.4, -0.2) is 69.1 Å². The van der Waals surface area contributed by atoms with Crippen molar-refractivity contribution in [2.24, 2.45) is 0 Å². The molecule has 2 aromatic carbocycles. The average molecular weight is 589 g/mol. The van der Waals surface area contributed by atoms with Crippen molar-refractivity contribution in [1.29, 1.82) is 0 Å². The molecule has 4 rings (SSSR count). The summed E-state index contributed by atoms with van der Waals surface area (Å²) in [6, 6.07) is 20.6. The van der Waals surface area contributed by atoms with Crippen molar-refractivity contribution in [2.75, 3.05) is 36.6 Å². The number of benzene rings is 2. The lowest BCUT2D eigenvalue weighted by Crippen LogP contribution is -2.31. The number of amides is 2. The maximum Gasteiger partial charge on any atom is 0.230 e. The van der Waals surface area contributed by atoms with Gasteiger partial charge in [0, 0.05) is 18.7 Å². The van der Waals surface area contributed by atoms with Crippen molar-refractivity contribution in [1.82, 2.24) is 25.3 Å². The van der Waals surface area contributed by atoms with Crippen LogP contribution in [0.1, 0.15) is 34.7 Å². The highest BCUT2D eigenvalue weighted by molar-refractivity contribution is 7.15. The summed E-state index contributed by atoms with van der Waals surface area (Å²) in [5, 5.41) is 36.6. The number of likely N-dealkylation sites (N-methyl/N-ethyl adjacent to an activating group) is 1. The minimum atomic E-state index is -0.674. The third-order valence-corrected chi connectivity index (χ3v) is 7.07. The van der Waals surface area contributed by atoms with Gasteiger partial charge in [-0.3, -0.25) is 9.59 Å². The van der Waals surface area contributed by atoms with E-state index in [-0.39, 0.29) is 24.7 Å². The smallest absolute Gasteiger partial charge is 0.230 e. The first-order chi connectivity index (χ1) is 20.3. The topological polar surface area (TPSA) is 145 Å². The molecule has 11 nitrogen and oxygen atoms in total. The minimum absolute atomic E-state index is 0.129. The molecule has 2 heterocycles.